The number of carbonyl (C=O) groups is 1. The number of amides is 1. The lowest BCUT2D eigenvalue weighted by Gasteiger charge is -2.02. The average Bonchev–Trinajstić information content (AvgIpc) is 3.16. The van der Waals surface area contributed by atoms with Gasteiger partial charge in [-0.1, -0.05) is 36.0 Å². The van der Waals surface area contributed by atoms with Crippen molar-refractivity contribution in [2.75, 3.05) is 0 Å². The van der Waals surface area contributed by atoms with Gasteiger partial charge in [-0.15, -0.1) is 11.3 Å². The summed E-state index contributed by atoms with van der Waals surface area (Å²) < 4.78 is 2.25. The number of hydrazone groups is 1. The summed E-state index contributed by atoms with van der Waals surface area (Å²) in [6.07, 6.45) is 4.94. The standard InChI is InChI=1S/C21H16N4OS2/c26-20(25-23-13-15-9-11-22-12-10-15)17-7-5-16(6-8-17)14-27-21-24-18-3-1-2-4-19(18)28-21/h1-13H,14H2,(H,25,26). The lowest BCUT2D eigenvalue weighted by molar-refractivity contribution is 0.0955. The molecule has 0 saturated carbocycles. The zero-order valence-corrected chi connectivity index (χ0v) is 16.4. The maximum atomic E-state index is 12.2. The van der Waals surface area contributed by atoms with E-state index in [0.717, 1.165) is 26.7 Å². The molecule has 1 amide bonds. The first-order valence-corrected chi connectivity index (χ1v) is 10.4. The van der Waals surface area contributed by atoms with Crippen LogP contribution in [0.15, 0.2) is 82.5 Å². The molecule has 5 nitrogen and oxygen atoms in total. The van der Waals surface area contributed by atoms with Crippen LogP contribution in [0.5, 0.6) is 0 Å². The van der Waals surface area contributed by atoms with E-state index in [4.69, 9.17) is 0 Å². The molecule has 0 saturated heterocycles. The third-order valence-electron chi connectivity index (χ3n) is 3.94. The number of thioether (sulfide) groups is 1. The molecule has 28 heavy (non-hydrogen) atoms. The molecule has 0 bridgehead atoms. The number of aromatic nitrogens is 2. The number of hydrogen-bond acceptors (Lipinski definition) is 6. The van der Waals surface area contributed by atoms with Crippen LogP contribution in [0.2, 0.25) is 0 Å². The lowest BCUT2D eigenvalue weighted by Crippen LogP contribution is -2.17. The highest BCUT2D eigenvalue weighted by atomic mass is 32.2. The van der Waals surface area contributed by atoms with Crippen LogP contribution in [0, 0.1) is 0 Å². The summed E-state index contributed by atoms with van der Waals surface area (Å²) in [5, 5.41) is 3.97. The number of nitrogens with zero attached hydrogens (tertiary/aromatic N) is 3. The molecular weight excluding hydrogens is 388 g/mol. The largest absolute Gasteiger partial charge is 0.271 e. The van der Waals surface area contributed by atoms with Gasteiger partial charge in [0.05, 0.1) is 16.4 Å². The van der Waals surface area contributed by atoms with Gasteiger partial charge >= 0.3 is 0 Å². The van der Waals surface area contributed by atoms with Crippen LogP contribution in [0.1, 0.15) is 21.5 Å². The van der Waals surface area contributed by atoms with Crippen molar-refractivity contribution in [1.29, 1.82) is 0 Å². The van der Waals surface area contributed by atoms with Crippen LogP contribution in [0.25, 0.3) is 10.2 Å². The molecule has 0 aliphatic rings. The van der Waals surface area contributed by atoms with Gasteiger partial charge in [0.1, 0.15) is 0 Å². The molecule has 7 heteroatoms. The normalized spacial score (nSPS) is 11.1. The van der Waals surface area contributed by atoms with Gasteiger partial charge in [-0.2, -0.15) is 5.10 Å². The Morgan fingerprint density at radius 1 is 1.07 bits per heavy atom. The molecule has 0 atom stereocenters. The first-order valence-electron chi connectivity index (χ1n) is 8.59. The van der Waals surface area contributed by atoms with E-state index >= 15 is 0 Å². The van der Waals surface area contributed by atoms with Crippen molar-refractivity contribution in [2.24, 2.45) is 5.10 Å². The highest BCUT2D eigenvalue weighted by Gasteiger charge is 2.06. The van der Waals surface area contributed by atoms with Gasteiger partial charge in [0.15, 0.2) is 4.34 Å². The van der Waals surface area contributed by atoms with E-state index in [2.05, 4.69) is 26.6 Å². The number of carbonyl (C=O) groups excluding carboxylic acids is 1. The Hall–Kier alpha value is -3.03. The van der Waals surface area contributed by atoms with Crippen molar-refractivity contribution >= 4 is 45.4 Å². The topological polar surface area (TPSA) is 67.2 Å². The monoisotopic (exact) mass is 404 g/mol. The van der Waals surface area contributed by atoms with Crippen LogP contribution < -0.4 is 5.43 Å². The van der Waals surface area contributed by atoms with Gasteiger partial charge < -0.3 is 0 Å². The molecule has 138 valence electrons. The number of pyridine rings is 1. The number of thiazole rings is 1. The first-order chi connectivity index (χ1) is 13.8. The summed E-state index contributed by atoms with van der Waals surface area (Å²) in [6.45, 7) is 0. The second kappa shape index (κ2) is 8.77. The Morgan fingerprint density at radius 3 is 2.64 bits per heavy atom. The number of hydrogen-bond donors (Lipinski definition) is 1. The van der Waals surface area contributed by atoms with Crippen LogP contribution in [-0.2, 0) is 5.75 Å². The summed E-state index contributed by atoms with van der Waals surface area (Å²) >= 11 is 3.40. The van der Waals surface area contributed by atoms with E-state index in [0.29, 0.717) is 5.56 Å². The molecule has 2 aromatic heterocycles. The summed E-state index contributed by atoms with van der Waals surface area (Å²) in [7, 11) is 0. The Morgan fingerprint density at radius 2 is 1.86 bits per heavy atom. The van der Waals surface area contributed by atoms with Crippen molar-refractivity contribution < 1.29 is 4.79 Å². The highest BCUT2D eigenvalue weighted by Crippen LogP contribution is 2.31. The Balaban J connectivity index is 1.32. The van der Waals surface area contributed by atoms with Crippen molar-refractivity contribution in [1.82, 2.24) is 15.4 Å². The molecule has 2 aromatic carbocycles. The summed E-state index contributed by atoms with van der Waals surface area (Å²) in [5.74, 6) is 0.567. The molecule has 4 aromatic rings. The molecule has 0 unspecified atom stereocenters. The van der Waals surface area contributed by atoms with Gasteiger partial charge in [0, 0.05) is 23.7 Å². The minimum atomic E-state index is -0.240. The fourth-order valence-corrected chi connectivity index (χ4v) is 4.51. The van der Waals surface area contributed by atoms with Crippen molar-refractivity contribution in [3.8, 4) is 0 Å². The zero-order chi connectivity index (χ0) is 19.2. The average molecular weight is 405 g/mol. The number of nitrogens with one attached hydrogen (secondary N) is 1. The van der Waals surface area contributed by atoms with Crippen molar-refractivity contribution in [3.05, 3.63) is 89.7 Å². The smallest absolute Gasteiger partial charge is 0.267 e. The third-order valence-corrected chi connectivity index (χ3v) is 6.19. The highest BCUT2D eigenvalue weighted by molar-refractivity contribution is 8.00. The van der Waals surface area contributed by atoms with E-state index in [9.17, 15) is 4.79 Å². The number of benzene rings is 2. The molecule has 0 spiro atoms. The molecule has 0 radical (unpaired) electrons. The molecule has 0 aliphatic heterocycles. The molecular formula is C21H16N4OS2. The van der Waals surface area contributed by atoms with E-state index in [1.165, 1.54) is 4.70 Å². The van der Waals surface area contributed by atoms with Gasteiger partial charge in [-0.3, -0.25) is 9.78 Å². The van der Waals surface area contributed by atoms with Gasteiger partial charge in [0.25, 0.3) is 5.91 Å². The predicted octanol–water partition coefficient (Wildman–Crippen LogP) is 4.75. The maximum Gasteiger partial charge on any atom is 0.271 e. The summed E-state index contributed by atoms with van der Waals surface area (Å²) in [4.78, 5) is 20.7. The fraction of sp³-hybridized carbons (Fsp3) is 0.0476. The van der Waals surface area contributed by atoms with Crippen molar-refractivity contribution in [3.63, 3.8) is 0 Å². The number of rotatable bonds is 6. The predicted molar refractivity (Wildman–Crippen MR) is 115 cm³/mol. The van der Waals surface area contributed by atoms with Crippen molar-refractivity contribution in [2.45, 2.75) is 10.1 Å². The quantitative estimate of drug-likeness (QED) is 0.286. The molecule has 0 fully saturated rings. The summed E-state index contributed by atoms with van der Waals surface area (Å²) in [6, 6.07) is 19.3. The number of para-hydroxylation sites is 1. The zero-order valence-electron chi connectivity index (χ0n) is 14.8. The Bertz CT molecular complexity index is 1080. The van der Waals surface area contributed by atoms with Crippen LogP contribution in [0.3, 0.4) is 0 Å². The molecule has 0 aliphatic carbocycles. The van der Waals surface area contributed by atoms with E-state index in [1.807, 2.05) is 54.6 Å². The second-order valence-corrected chi connectivity index (χ2v) is 8.17. The van der Waals surface area contributed by atoms with Crippen LogP contribution in [0.4, 0.5) is 0 Å². The van der Waals surface area contributed by atoms with Gasteiger partial charge in [-0.25, -0.2) is 10.4 Å². The van der Waals surface area contributed by atoms with Gasteiger partial charge in [0.2, 0.25) is 0 Å². The summed E-state index contributed by atoms with van der Waals surface area (Å²) in [5.41, 5.74) is 6.16. The van der Waals surface area contributed by atoms with Gasteiger partial charge in [-0.05, 0) is 47.5 Å². The third kappa shape index (κ3) is 4.62. The van der Waals surface area contributed by atoms with E-state index in [1.54, 1.807) is 41.7 Å². The Kier molecular flexibility index (Phi) is 5.75. The fourth-order valence-electron chi connectivity index (χ4n) is 2.49. The first kappa shape index (κ1) is 18.3. The SMILES string of the molecule is O=C(NN=Cc1ccncc1)c1ccc(CSc2nc3ccccc3s2)cc1. The molecule has 2 heterocycles. The van der Waals surface area contributed by atoms with Crippen LogP contribution in [-0.4, -0.2) is 22.1 Å². The maximum absolute atomic E-state index is 12.2. The van der Waals surface area contributed by atoms with E-state index < -0.39 is 0 Å². The number of fused-ring (bicyclic) bond motifs is 1. The minimum Gasteiger partial charge on any atom is -0.267 e. The van der Waals surface area contributed by atoms with Crippen LogP contribution >= 0.6 is 23.1 Å². The minimum absolute atomic E-state index is 0.240. The van der Waals surface area contributed by atoms with E-state index in [-0.39, 0.29) is 5.91 Å². The lowest BCUT2D eigenvalue weighted by atomic mass is 10.1. The Labute approximate surface area is 170 Å². The molecule has 1 N–H and O–H groups in total. The second-order valence-electron chi connectivity index (χ2n) is 5.91. The molecule has 4 rings (SSSR count).